The maximum absolute atomic E-state index is 13.0. The Morgan fingerprint density at radius 2 is 1.49 bits per heavy atom. The topological polar surface area (TPSA) is 108 Å². The van der Waals surface area contributed by atoms with Gasteiger partial charge in [-0.2, -0.15) is 0 Å². The number of benzene rings is 3. The number of piperidine rings is 1. The largest absolute Gasteiger partial charge is 0.480 e. The molecular weight excluding hydrogens is 518 g/mol. The summed E-state index contributed by atoms with van der Waals surface area (Å²) >= 11 is 0. The molecule has 6 rings (SSSR count). The van der Waals surface area contributed by atoms with Crippen LogP contribution in [-0.2, 0) is 20.9 Å². The summed E-state index contributed by atoms with van der Waals surface area (Å²) in [7, 11) is 0. The van der Waals surface area contributed by atoms with Crippen LogP contribution in [0, 0.1) is 11.8 Å². The number of aliphatic carboxylic acids is 1. The Morgan fingerprint density at radius 3 is 2.12 bits per heavy atom. The van der Waals surface area contributed by atoms with E-state index >= 15 is 0 Å². The van der Waals surface area contributed by atoms with Crippen molar-refractivity contribution >= 4 is 18.0 Å². The Labute approximate surface area is 239 Å². The van der Waals surface area contributed by atoms with E-state index in [2.05, 4.69) is 51.9 Å². The monoisotopic (exact) mass is 553 g/mol. The van der Waals surface area contributed by atoms with Crippen molar-refractivity contribution in [1.29, 1.82) is 0 Å². The molecule has 0 radical (unpaired) electrons. The molecule has 3 N–H and O–H groups in total. The van der Waals surface area contributed by atoms with Gasteiger partial charge in [0.15, 0.2) is 0 Å². The number of carboxylic acids is 1. The number of hydrogen-bond acceptors (Lipinski definition) is 5. The SMILES string of the molecule is O=C(NCC1CC1C(=O)NC1(C(=O)O)CCN(Cc2ccccc2)CC1)OCC1c2ccccc2-c2ccccc21. The molecule has 1 heterocycles. The molecule has 2 unspecified atom stereocenters. The van der Waals surface area contributed by atoms with Crippen molar-refractivity contribution in [3.05, 3.63) is 95.6 Å². The zero-order chi connectivity index (χ0) is 28.4. The first-order chi connectivity index (χ1) is 19.9. The normalized spacial score (nSPS) is 20.9. The van der Waals surface area contributed by atoms with E-state index in [0.29, 0.717) is 38.9 Å². The van der Waals surface area contributed by atoms with Gasteiger partial charge in [0.25, 0.3) is 0 Å². The second kappa shape index (κ2) is 11.4. The lowest BCUT2D eigenvalue weighted by Gasteiger charge is -2.39. The van der Waals surface area contributed by atoms with Crippen molar-refractivity contribution in [1.82, 2.24) is 15.5 Å². The van der Waals surface area contributed by atoms with Crippen molar-refractivity contribution in [2.45, 2.75) is 37.3 Å². The van der Waals surface area contributed by atoms with Gasteiger partial charge in [-0.25, -0.2) is 9.59 Å². The van der Waals surface area contributed by atoms with Gasteiger partial charge in [-0.1, -0.05) is 78.9 Å². The predicted molar refractivity (Wildman–Crippen MR) is 154 cm³/mol. The number of fused-ring (bicyclic) bond motifs is 3. The van der Waals surface area contributed by atoms with Gasteiger partial charge < -0.3 is 20.5 Å². The van der Waals surface area contributed by atoms with Crippen LogP contribution in [0.3, 0.4) is 0 Å². The van der Waals surface area contributed by atoms with Crippen LogP contribution in [0.5, 0.6) is 0 Å². The van der Waals surface area contributed by atoms with Crippen molar-refractivity contribution in [3.8, 4) is 11.1 Å². The lowest BCUT2D eigenvalue weighted by molar-refractivity contribution is -0.150. The molecular formula is C33H35N3O5. The zero-order valence-electron chi connectivity index (χ0n) is 22.9. The Bertz CT molecular complexity index is 1390. The van der Waals surface area contributed by atoms with Gasteiger partial charge in [0, 0.05) is 38.0 Å². The number of carbonyl (C=O) groups is 3. The van der Waals surface area contributed by atoms with Gasteiger partial charge in [0.1, 0.15) is 12.1 Å². The van der Waals surface area contributed by atoms with E-state index < -0.39 is 17.6 Å². The number of carbonyl (C=O) groups excluding carboxylic acids is 2. The van der Waals surface area contributed by atoms with E-state index in [0.717, 1.165) is 17.7 Å². The molecule has 1 aliphatic heterocycles. The van der Waals surface area contributed by atoms with Crippen LogP contribution < -0.4 is 10.6 Å². The second-order valence-electron chi connectivity index (χ2n) is 11.4. The molecule has 1 saturated heterocycles. The third kappa shape index (κ3) is 5.70. The smallest absolute Gasteiger partial charge is 0.407 e. The van der Waals surface area contributed by atoms with Crippen LogP contribution in [0.4, 0.5) is 4.79 Å². The maximum atomic E-state index is 13.0. The highest BCUT2D eigenvalue weighted by molar-refractivity contribution is 5.89. The quantitative estimate of drug-likeness (QED) is 0.363. The highest BCUT2D eigenvalue weighted by Gasteiger charge is 2.49. The van der Waals surface area contributed by atoms with Crippen molar-refractivity contribution in [2.24, 2.45) is 11.8 Å². The summed E-state index contributed by atoms with van der Waals surface area (Å²) < 4.78 is 5.60. The Kier molecular flexibility index (Phi) is 7.49. The summed E-state index contributed by atoms with van der Waals surface area (Å²) in [4.78, 5) is 40.0. The number of rotatable bonds is 9. The summed E-state index contributed by atoms with van der Waals surface area (Å²) in [6, 6.07) is 26.4. The summed E-state index contributed by atoms with van der Waals surface area (Å²) in [5, 5.41) is 15.7. The minimum absolute atomic E-state index is 0.0149. The lowest BCUT2D eigenvalue weighted by atomic mass is 9.87. The second-order valence-corrected chi connectivity index (χ2v) is 11.4. The van der Waals surface area contributed by atoms with Gasteiger partial charge in [-0.15, -0.1) is 0 Å². The fourth-order valence-electron chi connectivity index (χ4n) is 6.31. The van der Waals surface area contributed by atoms with E-state index in [1.165, 1.54) is 16.7 Å². The van der Waals surface area contributed by atoms with Crippen molar-refractivity contribution in [3.63, 3.8) is 0 Å². The number of ether oxygens (including phenoxy) is 1. The fraction of sp³-hybridized carbons (Fsp3) is 0.364. The number of nitrogens with zero attached hydrogens (tertiary/aromatic N) is 1. The molecule has 41 heavy (non-hydrogen) atoms. The molecule has 2 fully saturated rings. The third-order valence-electron chi connectivity index (χ3n) is 8.84. The van der Waals surface area contributed by atoms with Gasteiger partial charge in [0.2, 0.25) is 5.91 Å². The molecule has 1 saturated carbocycles. The van der Waals surface area contributed by atoms with E-state index in [4.69, 9.17) is 4.74 Å². The summed E-state index contributed by atoms with van der Waals surface area (Å²) in [6.45, 7) is 2.51. The first-order valence-electron chi connectivity index (χ1n) is 14.3. The first-order valence-corrected chi connectivity index (χ1v) is 14.3. The van der Waals surface area contributed by atoms with Crippen LogP contribution in [0.25, 0.3) is 11.1 Å². The average molecular weight is 554 g/mol. The lowest BCUT2D eigenvalue weighted by Crippen LogP contribution is -2.60. The molecule has 0 aromatic heterocycles. The van der Waals surface area contributed by atoms with Gasteiger partial charge in [-0.05, 0) is 53.0 Å². The Morgan fingerprint density at radius 1 is 0.878 bits per heavy atom. The molecule has 2 amide bonds. The number of carboxylic acid groups (broad SMARTS) is 1. The maximum Gasteiger partial charge on any atom is 0.407 e. The molecule has 0 spiro atoms. The Balaban J connectivity index is 0.962. The highest BCUT2D eigenvalue weighted by Crippen LogP contribution is 2.44. The van der Waals surface area contributed by atoms with E-state index in [1.807, 2.05) is 42.5 Å². The van der Waals surface area contributed by atoms with Crippen molar-refractivity contribution in [2.75, 3.05) is 26.2 Å². The molecule has 3 aliphatic rings. The molecule has 3 aromatic rings. The molecule has 8 nitrogen and oxygen atoms in total. The average Bonchev–Trinajstić information content (AvgIpc) is 3.71. The number of nitrogens with one attached hydrogen (secondary N) is 2. The number of hydrogen-bond donors (Lipinski definition) is 3. The summed E-state index contributed by atoms with van der Waals surface area (Å²) in [5.41, 5.74) is 4.58. The highest BCUT2D eigenvalue weighted by atomic mass is 16.5. The standard InChI is InChI=1S/C33H35N3O5/c37-30(35-33(31(38)39)14-16-36(17-15-33)20-22-8-2-1-3-9-22)28-18-23(28)19-34-32(40)41-21-29-26-12-6-4-10-24(26)25-11-5-7-13-27(25)29/h1-13,23,28-29H,14-21H2,(H,34,40)(H,35,37)(H,38,39). The molecule has 8 heteroatoms. The molecule has 3 aromatic carbocycles. The molecule has 212 valence electrons. The van der Waals surface area contributed by atoms with Gasteiger partial charge in [-0.3, -0.25) is 9.69 Å². The third-order valence-corrected chi connectivity index (χ3v) is 8.84. The van der Waals surface area contributed by atoms with Crippen molar-refractivity contribution < 1.29 is 24.2 Å². The van der Waals surface area contributed by atoms with E-state index in [1.54, 1.807) is 0 Å². The first kappa shape index (κ1) is 27.0. The minimum Gasteiger partial charge on any atom is -0.480 e. The van der Waals surface area contributed by atoms with E-state index in [9.17, 15) is 19.5 Å². The van der Waals surface area contributed by atoms with Gasteiger partial charge in [0.05, 0.1) is 0 Å². The van der Waals surface area contributed by atoms with E-state index in [-0.39, 0.29) is 30.3 Å². The number of likely N-dealkylation sites (tertiary alicyclic amines) is 1. The van der Waals surface area contributed by atoms with Crippen LogP contribution in [-0.4, -0.2) is 59.8 Å². The number of amides is 2. The molecule has 0 bridgehead atoms. The summed E-state index contributed by atoms with van der Waals surface area (Å²) in [6.07, 6.45) is 0.823. The van der Waals surface area contributed by atoms with Crippen LogP contribution in [0.1, 0.15) is 41.9 Å². The fourth-order valence-corrected chi connectivity index (χ4v) is 6.31. The summed E-state index contributed by atoms with van der Waals surface area (Å²) in [5.74, 6) is -1.58. The van der Waals surface area contributed by atoms with Crippen LogP contribution >= 0.6 is 0 Å². The zero-order valence-corrected chi connectivity index (χ0v) is 22.9. The minimum atomic E-state index is -1.25. The molecule has 2 atom stereocenters. The predicted octanol–water partition coefficient (Wildman–Crippen LogP) is 4.40. The van der Waals surface area contributed by atoms with Gasteiger partial charge >= 0.3 is 12.1 Å². The van der Waals surface area contributed by atoms with Crippen LogP contribution in [0.2, 0.25) is 0 Å². The molecule has 2 aliphatic carbocycles. The Hall–Kier alpha value is -4.17. The van der Waals surface area contributed by atoms with Crippen LogP contribution in [0.15, 0.2) is 78.9 Å². The number of alkyl carbamates (subject to hydrolysis) is 1.